The molecule has 4 heterocycles. The standard InChI is InChI=1S/C38H41ClF4N6O4/c1-37(2,3)53-36(52)48-14-9-28(38(42,43)21-48)27-17-29(39)25(18-30(27)40)24-16-23(33(41)34-26(24)19-31(45-34)35(51)46(4)5)22-8-6-12-47(20-22)32(50)10-15-49-13-7-11-44-49/h7-8,11,13,16-19,28,45H,6,9-10,12,14-15,20-21H2,1-5H3/t28-/m1/s1. The maximum Gasteiger partial charge on any atom is 0.410 e. The Morgan fingerprint density at radius 3 is 2.47 bits per heavy atom. The molecule has 0 aliphatic carbocycles. The molecule has 53 heavy (non-hydrogen) atoms. The summed E-state index contributed by atoms with van der Waals surface area (Å²) in [6, 6.07) is 6.90. The van der Waals surface area contributed by atoms with Gasteiger partial charge in [-0.2, -0.15) is 5.10 Å². The van der Waals surface area contributed by atoms with Gasteiger partial charge >= 0.3 is 6.09 Å². The van der Waals surface area contributed by atoms with Gasteiger partial charge in [-0.15, -0.1) is 0 Å². The van der Waals surface area contributed by atoms with Gasteiger partial charge in [0.15, 0.2) is 5.82 Å². The fourth-order valence-corrected chi connectivity index (χ4v) is 7.14. The first-order valence-corrected chi connectivity index (χ1v) is 17.7. The summed E-state index contributed by atoms with van der Waals surface area (Å²) >= 11 is 6.79. The Labute approximate surface area is 309 Å². The number of nitrogens with zero attached hydrogens (tertiary/aromatic N) is 5. The molecule has 2 aromatic carbocycles. The Bertz CT molecular complexity index is 2090. The van der Waals surface area contributed by atoms with Gasteiger partial charge in [-0.05, 0) is 80.6 Å². The molecule has 15 heteroatoms. The summed E-state index contributed by atoms with van der Waals surface area (Å²) in [5.74, 6) is -7.30. The van der Waals surface area contributed by atoms with Crippen LogP contribution < -0.4 is 0 Å². The van der Waals surface area contributed by atoms with Crippen LogP contribution in [-0.4, -0.2) is 99.2 Å². The zero-order chi connectivity index (χ0) is 38.4. The van der Waals surface area contributed by atoms with E-state index in [0.717, 1.165) is 17.0 Å². The number of ether oxygens (including phenoxy) is 1. The van der Waals surface area contributed by atoms with E-state index in [9.17, 15) is 14.4 Å². The van der Waals surface area contributed by atoms with Crippen LogP contribution in [0, 0.1) is 11.6 Å². The lowest BCUT2D eigenvalue weighted by molar-refractivity contribution is -0.131. The molecule has 3 amide bonds. The molecular weight excluding hydrogens is 716 g/mol. The van der Waals surface area contributed by atoms with Crippen molar-refractivity contribution < 1.29 is 36.7 Å². The highest BCUT2D eigenvalue weighted by molar-refractivity contribution is 6.34. The number of rotatable bonds is 7. The maximum absolute atomic E-state index is 16.5. The highest BCUT2D eigenvalue weighted by Gasteiger charge is 2.48. The first kappa shape index (κ1) is 37.9. The highest BCUT2D eigenvalue weighted by atomic mass is 35.5. The topological polar surface area (TPSA) is 104 Å². The molecule has 0 unspecified atom stereocenters. The number of amides is 3. The molecule has 1 saturated heterocycles. The summed E-state index contributed by atoms with van der Waals surface area (Å²) in [6.45, 7) is 4.77. The molecule has 1 fully saturated rings. The van der Waals surface area contributed by atoms with Crippen molar-refractivity contribution in [2.24, 2.45) is 0 Å². The fourth-order valence-electron chi connectivity index (χ4n) is 6.87. The fraction of sp³-hybridized carbons (Fsp3) is 0.421. The van der Waals surface area contributed by atoms with E-state index in [1.54, 1.807) is 62.9 Å². The minimum absolute atomic E-state index is 0.0349. The number of benzene rings is 2. The summed E-state index contributed by atoms with van der Waals surface area (Å²) in [7, 11) is 3.08. The molecule has 2 aromatic heterocycles. The van der Waals surface area contributed by atoms with E-state index in [-0.39, 0.29) is 75.7 Å². The lowest BCUT2D eigenvalue weighted by Gasteiger charge is -2.39. The van der Waals surface area contributed by atoms with Crippen LogP contribution in [0.2, 0.25) is 5.02 Å². The van der Waals surface area contributed by atoms with Crippen molar-refractivity contribution in [3.8, 4) is 11.1 Å². The van der Waals surface area contributed by atoms with Crippen molar-refractivity contribution in [1.82, 2.24) is 29.5 Å². The van der Waals surface area contributed by atoms with Gasteiger partial charge < -0.3 is 24.4 Å². The maximum atomic E-state index is 16.5. The van der Waals surface area contributed by atoms with E-state index in [4.69, 9.17) is 16.3 Å². The van der Waals surface area contributed by atoms with E-state index in [1.165, 1.54) is 17.0 Å². The molecule has 1 N–H and O–H groups in total. The highest BCUT2D eigenvalue weighted by Crippen LogP contribution is 2.45. The molecule has 2 aliphatic rings. The third-order valence-corrected chi connectivity index (χ3v) is 9.77. The Morgan fingerprint density at radius 1 is 1.06 bits per heavy atom. The number of hydrogen-bond acceptors (Lipinski definition) is 5. The van der Waals surface area contributed by atoms with E-state index in [2.05, 4.69) is 10.1 Å². The summed E-state index contributed by atoms with van der Waals surface area (Å²) in [5.41, 5.74) is -0.186. The molecule has 282 valence electrons. The summed E-state index contributed by atoms with van der Waals surface area (Å²) in [6.07, 6.45) is 4.73. The van der Waals surface area contributed by atoms with E-state index >= 15 is 17.6 Å². The molecule has 10 nitrogen and oxygen atoms in total. The van der Waals surface area contributed by atoms with Gasteiger partial charge in [0, 0.05) is 80.6 Å². The van der Waals surface area contributed by atoms with Crippen molar-refractivity contribution >= 4 is 46.0 Å². The van der Waals surface area contributed by atoms with Gasteiger partial charge in [0.1, 0.15) is 17.1 Å². The van der Waals surface area contributed by atoms with Crippen LogP contribution in [0.5, 0.6) is 0 Å². The number of aryl methyl sites for hydroxylation is 1. The monoisotopic (exact) mass is 756 g/mol. The number of H-pyrrole nitrogens is 1. The second-order valence-electron chi connectivity index (χ2n) is 14.7. The Balaban J connectivity index is 1.36. The van der Waals surface area contributed by atoms with E-state index in [1.807, 2.05) is 6.08 Å². The summed E-state index contributed by atoms with van der Waals surface area (Å²) in [5, 5.41) is 4.29. The molecule has 6 rings (SSSR count). The zero-order valence-corrected chi connectivity index (χ0v) is 30.9. The number of carbonyl (C=O) groups excluding carboxylic acids is 3. The van der Waals surface area contributed by atoms with Gasteiger partial charge in [-0.1, -0.05) is 17.7 Å². The molecular formula is C38H41ClF4N6O4. The lowest BCUT2D eigenvalue weighted by atomic mass is 9.84. The van der Waals surface area contributed by atoms with Gasteiger partial charge in [-0.25, -0.2) is 22.4 Å². The smallest absolute Gasteiger partial charge is 0.410 e. The minimum Gasteiger partial charge on any atom is -0.444 e. The number of aromatic amines is 1. The number of likely N-dealkylation sites (tertiary alicyclic amines) is 1. The molecule has 0 saturated carbocycles. The lowest BCUT2D eigenvalue weighted by Crippen LogP contribution is -2.51. The van der Waals surface area contributed by atoms with Crippen LogP contribution in [0.25, 0.3) is 27.6 Å². The molecule has 1 atom stereocenters. The van der Waals surface area contributed by atoms with Crippen LogP contribution >= 0.6 is 11.6 Å². The number of hydrogen-bond donors (Lipinski definition) is 1. The van der Waals surface area contributed by atoms with Gasteiger partial charge in [-0.3, -0.25) is 14.3 Å². The van der Waals surface area contributed by atoms with Crippen molar-refractivity contribution in [3.05, 3.63) is 82.3 Å². The van der Waals surface area contributed by atoms with Crippen molar-refractivity contribution in [1.29, 1.82) is 0 Å². The van der Waals surface area contributed by atoms with Crippen LogP contribution in [-0.2, 0) is 16.1 Å². The first-order valence-electron chi connectivity index (χ1n) is 17.3. The number of halogens is 5. The number of aromatic nitrogens is 3. The molecule has 4 aromatic rings. The van der Waals surface area contributed by atoms with Crippen LogP contribution in [0.15, 0.2) is 48.8 Å². The Morgan fingerprint density at radius 2 is 1.81 bits per heavy atom. The normalized spacial score (nSPS) is 17.5. The van der Waals surface area contributed by atoms with Crippen molar-refractivity contribution in [2.45, 2.75) is 64.0 Å². The van der Waals surface area contributed by atoms with Crippen LogP contribution in [0.1, 0.15) is 67.6 Å². The van der Waals surface area contributed by atoms with Crippen molar-refractivity contribution in [3.63, 3.8) is 0 Å². The molecule has 2 aliphatic heterocycles. The molecule has 0 radical (unpaired) electrons. The summed E-state index contributed by atoms with van der Waals surface area (Å²) < 4.78 is 70.8. The average Bonchev–Trinajstić information content (AvgIpc) is 3.78. The zero-order valence-electron chi connectivity index (χ0n) is 30.1. The largest absolute Gasteiger partial charge is 0.444 e. The third-order valence-electron chi connectivity index (χ3n) is 9.46. The Kier molecular flexibility index (Phi) is 10.4. The number of fused-ring (bicyclic) bond motifs is 1. The van der Waals surface area contributed by atoms with Gasteiger partial charge in [0.2, 0.25) is 5.91 Å². The Hall–Kier alpha value is -4.85. The predicted molar refractivity (Wildman–Crippen MR) is 193 cm³/mol. The SMILES string of the molecule is CN(C)C(=O)c1cc2c(-c3cc(F)c([C@H]4CCN(C(=O)OC(C)(C)C)CC4(F)F)cc3Cl)cc(C3=CCCN(C(=O)CCn4cccn4)C3)c(F)c2[nH]1. The van der Waals surface area contributed by atoms with E-state index in [0.29, 0.717) is 25.1 Å². The third kappa shape index (κ3) is 7.92. The van der Waals surface area contributed by atoms with Crippen molar-refractivity contribution in [2.75, 3.05) is 40.3 Å². The number of piperidine rings is 1. The first-order chi connectivity index (χ1) is 24.9. The second-order valence-corrected chi connectivity index (χ2v) is 15.1. The average molecular weight is 757 g/mol. The predicted octanol–water partition coefficient (Wildman–Crippen LogP) is 7.73. The quantitative estimate of drug-likeness (QED) is 0.195. The van der Waals surface area contributed by atoms with Gasteiger partial charge in [0.05, 0.1) is 18.0 Å². The van der Waals surface area contributed by atoms with Crippen LogP contribution in [0.4, 0.5) is 22.4 Å². The number of carbonyl (C=O) groups is 3. The second kappa shape index (κ2) is 14.5. The van der Waals surface area contributed by atoms with Crippen LogP contribution in [0.3, 0.4) is 0 Å². The molecule has 0 bridgehead atoms. The molecule has 0 spiro atoms. The number of alkyl halides is 2. The minimum atomic E-state index is -3.51. The van der Waals surface area contributed by atoms with Gasteiger partial charge in [0.25, 0.3) is 11.8 Å². The van der Waals surface area contributed by atoms with E-state index < -0.39 is 47.6 Å². The number of nitrogens with one attached hydrogen (secondary N) is 1. The summed E-state index contributed by atoms with van der Waals surface area (Å²) in [4.78, 5) is 45.4.